The van der Waals surface area contributed by atoms with E-state index in [2.05, 4.69) is 21.2 Å². The number of hydrogen-bond donors (Lipinski definition) is 1. The molecule has 0 heterocycles. The lowest BCUT2D eigenvalue weighted by Gasteiger charge is -2.33. The standard InChI is InChI=1S/C27H30BrN3O4S/c1-20-9-7-8-12-24(20)31(36(3,34)35)19-26(32)30(18-22-13-15-23(28)16-14-22)25(27(33)29-2)17-21-10-5-4-6-11-21/h4-16,25H,17-19H2,1-3H3,(H,29,33). The van der Waals surface area contributed by atoms with Gasteiger partial charge in [-0.05, 0) is 41.8 Å². The lowest BCUT2D eigenvalue weighted by molar-refractivity contribution is -0.139. The number of amides is 2. The molecule has 1 unspecified atom stereocenters. The Kier molecular flexibility index (Phi) is 9.28. The van der Waals surface area contributed by atoms with Gasteiger partial charge in [0.05, 0.1) is 11.9 Å². The van der Waals surface area contributed by atoms with Crippen LogP contribution in [0.25, 0.3) is 0 Å². The van der Waals surface area contributed by atoms with Crippen LogP contribution >= 0.6 is 15.9 Å². The molecule has 0 radical (unpaired) electrons. The van der Waals surface area contributed by atoms with Crippen molar-refractivity contribution in [2.24, 2.45) is 0 Å². The van der Waals surface area contributed by atoms with Gasteiger partial charge in [-0.2, -0.15) is 0 Å². The molecule has 0 spiro atoms. The van der Waals surface area contributed by atoms with Crippen LogP contribution in [-0.4, -0.2) is 51.0 Å². The predicted octanol–water partition coefficient (Wildman–Crippen LogP) is 3.91. The minimum atomic E-state index is -3.78. The Hall–Kier alpha value is -3.17. The van der Waals surface area contributed by atoms with Gasteiger partial charge in [0.15, 0.2) is 0 Å². The molecule has 2 amide bonds. The molecule has 9 heteroatoms. The molecule has 1 atom stereocenters. The number of hydrogen-bond acceptors (Lipinski definition) is 4. The molecule has 0 aliphatic heterocycles. The summed E-state index contributed by atoms with van der Waals surface area (Å²) in [7, 11) is -2.25. The third kappa shape index (κ3) is 7.18. The second-order valence-corrected chi connectivity index (χ2v) is 11.3. The average molecular weight is 573 g/mol. The minimum Gasteiger partial charge on any atom is -0.357 e. The molecule has 3 aromatic rings. The fourth-order valence-corrected chi connectivity index (χ4v) is 5.12. The van der Waals surface area contributed by atoms with Gasteiger partial charge in [-0.25, -0.2) is 8.42 Å². The van der Waals surface area contributed by atoms with Crippen molar-refractivity contribution < 1.29 is 18.0 Å². The molecule has 3 aromatic carbocycles. The van der Waals surface area contributed by atoms with Crippen molar-refractivity contribution in [3.05, 3.63) is 100 Å². The molecule has 0 bridgehead atoms. The number of aryl methyl sites for hydroxylation is 1. The molecule has 0 aromatic heterocycles. The number of nitrogens with one attached hydrogen (secondary N) is 1. The van der Waals surface area contributed by atoms with Gasteiger partial charge < -0.3 is 10.2 Å². The third-order valence-electron chi connectivity index (χ3n) is 5.85. The molecule has 0 aliphatic carbocycles. The highest BCUT2D eigenvalue weighted by atomic mass is 79.9. The number of halogens is 1. The molecule has 0 fully saturated rings. The van der Waals surface area contributed by atoms with Crippen molar-refractivity contribution in [1.29, 1.82) is 0 Å². The highest BCUT2D eigenvalue weighted by molar-refractivity contribution is 9.10. The number of anilines is 1. The number of carbonyl (C=O) groups excluding carboxylic acids is 2. The Morgan fingerprint density at radius 2 is 1.53 bits per heavy atom. The zero-order valence-corrected chi connectivity index (χ0v) is 22.9. The lowest BCUT2D eigenvalue weighted by atomic mass is 10.0. The Morgan fingerprint density at radius 1 is 0.917 bits per heavy atom. The fraction of sp³-hybridized carbons (Fsp3) is 0.259. The number of benzene rings is 3. The maximum atomic E-state index is 13.8. The van der Waals surface area contributed by atoms with Crippen LogP contribution in [0.4, 0.5) is 5.69 Å². The Morgan fingerprint density at radius 3 is 2.11 bits per heavy atom. The van der Waals surface area contributed by atoms with E-state index in [-0.39, 0.29) is 18.9 Å². The van der Waals surface area contributed by atoms with Crippen LogP contribution in [0.3, 0.4) is 0 Å². The first-order valence-electron chi connectivity index (χ1n) is 11.4. The molecule has 7 nitrogen and oxygen atoms in total. The number of sulfonamides is 1. The molecule has 0 saturated heterocycles. The minimum absolute atomic E-state index is 0.141. The molecule has 0 aliphatic rings. The van der Waals surface area contributed by atoms with E-state index < -0.39 is 28.5 Å². The molecular formula is C27H30BrN3O4S. The summed E-state index contributed by atoms with van der Waals surface area (Å²) in [6.45, 7) is 1.51. The number of carbonyl (C=O) groups is 2. The summed E-state index contributed by atoms with van der Waals surface area (Å²) in [6, 6.07) is 23.0. The van der Waals surface area contributed by atoms with Crippen LogP contribution < -0.4 is 9.62 Å². The largest absolute Gasteiger partial charge is 0.357 e. The van der Waals surface area contributed by atoms with Gasteiger partial charge >= 0.3 is 0 Å². The highest BCUT2D eigenvalue weighted by Crippen LogP contribution is 2.23. The maximum absolute atomic E-state index is 13.8. The number of nitrogens with zero attached hydrogens (tertiary/aromatic N) is 2. The monoisotopic (exact) mass is 571 g/mol. The first-order chi connectivity index (χ1) is 17.1. The van der Waals surface area contributed by atoms with E-state index in [9.17, 15) is 18.0 Å². The first-order valence-corrected chi connectivity index (χ1v) is 14.1. The van der Waals surface area contributed by atoms with Crippen molar-refractivity contribution in [3.8, 4) is 0 Å². The van der Waals surface area contributed by atoms with Crippen LogP contribution in [0.1, 0.15) is 16.7 Å². The van der Waals surface area contributed by atoms with E-state index in [1.165, 1.54) is 11.9 Å². The van der Waals surface area contributed by atoms with Gasteiger partial charge in [-0.1, -0.05) is 76.6 Å². The zero-order valence-electron chi connectivity index (χ0n) is 20.5. The van der Waals surface area contributed by atoms with Crippen molar-refractivity contribution in [3.63, 3.8) is 0 Å². The summed E-state index contributed by atoms with van der Waals surface area (Å²) < 4.78 is 27.5. The van der Waals surface area contributed by atoms with Gasteiger partial charge in [0, 0.05) is 24.5 Å². The fourth-order valence-electron chi connectivity index (χ4n) is 3.95. The smallest absolute Gasteiger partial charge is 0.244 e. The van der Waals surface area contributed by atoms with Crippen molar-refractivity contribution >= 4 is 43.5 Å². The molecule has 1 N–H and O–H groups in total. The second kappa shape index (κ2) is 12.2. The zero-order chi connectivity index (χ0) is 26.3. The quantitative estimate of drug-likeness (QED) is 0.399. The van der Waals surface area contributed by atoms with E-state index in [1.807, 2.05) is 60.7 Å². The van der Waals surface area contributed by atoms with Crippen LogP contribution in [0.15, 0.2) is 83.3 Å². The van der Waals surface area contributed by atoms with E-state index in [0.717, 1.165) is 31.7 Å². The van der Waals surface area contributed by atoms with Gasteiger partial charge in [-0.3, -0.25) is 13.9 Å². The molecule has 190 valence electrons. The summed E-state index contributed by atoms with van der Waals surface area (Å²) in [5.74, 6) is -0.803. The van der Waals surface area contributed by atoms with Crippen LogP contribution in [0, 0.1) is 6.92 Å². The second-order valence-electron chi connectivity index (χ2n) is 8.52. The van der Waals surface area contributed by atoms with Gasteiger partial charge in [0.1, 0.15) is 12.6 Å². The maximum Gasteiger partial charge on any atom is 0.244 e. The lowest BCUT2D eigenvalue weighted by Crippen LogP contribution is -2.53. The Labute approximate surface area is 221 Å². The summed E-state index contributed by atoms with van der Waals surface area (Å²) in [6.07, 6.45) is 1.36. The molecular weight excluding hydrogens is 542 g/mol. The van der Waals surface area contributed by atoms with Gasteiger partial charge in [0.2, 0.25) is 21.8 Å². The van der Waals surface area contributed by atoms with Crippen LogP contribution in [-0.2, 0) is 32.6 Å². The van der Waals surface area contributed by atoms with Crippen LogP contribution in [0.2, 0.25) is 0 Å². The van der Waals surface area contributed by atoms with Crippen molar-refractivity contribution in [1.82, 2.24) is 10.2 Å². The van der Waals surface area contributed by atoms with E-state index in [1.54, 1.807) is 25.1 Å². The topological polar surface area (TPSA) is 86.8 Å². The first kappa shape index (κ1) is 27.4. The third-order valence-corrected chi connectivity index (χ3v) is 7.50. The molecule has 3 rings (SSSR count). The summed E-state index contributed by atoms with van der Waals surface area (Å²) in [4.78, 5) is 28.4. The SMILES string of the molecule is CNC(=O)C(Cc1ccccc1)N(Cc1ccc(Br)cc1)C(=O)CN(c1ccccc1C)S(C)(=O)=O. The molecule has 0 saturated carbocycles. The van der Waals surface area contributed by atoms with E-state index in [4.69, 9.17) is 0 Å². The predicted molar refractivity (Wildman–Crippen MR) is 146 cm³/mol. The van der Waals surface area contributed by atoms with Crippen molar-refractivity contribution in [2.75, 3.05) is 24.2 Å². The number of likely N-dealkylation sites (N-methyl/N-ethyl adjacent to an activating group) is 1. The van der Waals surface area contributed by atoms with Gasteiger partial charge in [0.25, 0.3) is 0 Å². The van der Waals surface area contributed by atoms with E-state index >= 15 is 0 Å². The summed E-state index contributed by atoms with van der Waals surface area (Å²) in [5.41, 5.74) is 2.85. The number of rotatable bonds is 10. The Bertz CT molecular complexity index is 1300. The summed E-state index contributed by atoms with van der Waals surface area (Å²) >= 11 is 3.42. The van der Waals surface area contributed by atoms with Crippen molar-refractivity contribution in [2.45, 2.75) is 25.9 Å². The number of para-hydroxylation sites is 1. The average Bonchev–Trinajstić information content (AvgIpc) is 2.85. The normalized spacial score (nSPS) is 12.0. The van der Waals surface area contributed by atoms with E-state index in [0.29, 0.717) is 5.69 Å². The van der Waals surface area contributed by atoms with Crippen LogP contribution in [0.5, 0.6) is 0 Å². The summed E-state index contributed by atoms with van der Waals surface area (Å²) in [5, 5.41) is 2.67. The van der Waals surface area contributed by atoms with Gasteiger partial charge in [-0.15, -0.1) is 0 Å². The molecule has 36 heavy (non-hydrogen) atoms. The Balaban J connectivity index is 2.03. The highest BCUT2D eigenvalue weighted by Gasteiger charge is 2.32.